The molecule has 2 N–H and O–H groups in total. The topological polar surface area (TPSA) is 66.8 Å². The molecule has 0 heterocycles. The Morgan fingerprint density at radius 3 is 2.49 bits per heavy atom. The van der Waals surface area contributed by atoms with E-state index in [1.165, 1.54) is 25.7 Å². The van der Waals surface area contributed by atoms with Crippen LogP contribution in [0.25, 0.3) is 0 Å². The second-order valence-electron chi connectivity index (χ2n) is 13.1. The Morgan fingerprint density at radius 2 is 1.71 bits per heavy atom. The molecule has 4 nitrogen and oxygen atoms in total. The van der Waals surface area contributed by atoms with Gasteiger partial charge in [0.1, 0.15) is 6.61 Å². The predicted molar refractivity (Wildman–Crippen MR) is 137 cm³/mol. The Hall–Kier alpha value is -1.39. The molecule has 0 saturated heterocycles. The van der Waals surface area contributed by atoms with Gasteiger partial charge in [-0.05, 0) is 110 Å². The van der Waals surface area contributed by atoms with Crippen LogP contribution >= 0.6 is 0 Å². The summed E-state index contributed by atoms with van der Waals surface area (Å²) >= 11 is 0. The van der Waals surface area contributed by atoms with Gasteiger partial charge in [0.2, 0.25) is 0 Å². The van der Waals surface area contributed by atoms with Crippen LogP contribution in [-0.2, 0) is 16.1 Å². The monoisotopic (exact) mass is 482 g/mol. The van der Waals surface area contributed by atoms with E-state index in [2.05, 4.69) is 20.8 Å². The van der Waals surface area contributed by atoms with E-state index in [1.54, 1.807) is 0 Å². The summed E-state index contributed by atoms with van der Waals surface area (Å²) in [5.41, 5.74) is 1.56. The summed E-state index contributed by atoms with van der Waals surface area (Å²) in [5, 5.41) is 21.7. The van der Waals surface area contributed by atoms with Crippen molar-refractivity contribution in [2.75, 3.05) is 0 Å². The fourth-order valence-corrected chi connectivity index (χ4v) is 9.53. The molecule has 0 amide bonds. The standard InChI is InChI=1S/C31H46O4/c1-20(9-12-28(34)35-19-21-7-5-4-6-8-21)24-10-11-25-29-26(14-16-31(24,25)3)30(2)15-13-23(32)17-22(30)18-27(29)33/h4-8,20,22-27,29,32-33H,9-19H2,1-3H3/t20-,22?,23-,24-,25+,26+,27-,29+,30+,31-/m1/s1. The number of ether oxygens (including phenoxy) is 1. The van der Waals surface area contributed by atoms with Crippen LogP contribution in [0, 0.1) is 46.3 Å². The van der Waals surface area contributed by atoms with Gasteiger partial charge >= 0.3 is 5.97 Å². The lowest BCUT2D eigenvalue weighted by Crippen LogP contribution is -2.58. The number of carbonyl (C=O) groups is 1. The fraction of sp³-hybridized carbons (Fsp3) is 0.774. The van der Waals surface area contributed by atoms with Gasteiger partial charge in [-0.3, -0.25) is 4.79 Å². The number of rotatable bonds is 6. The van der Waals surface area contributed by atoms with Crippen LogP contribution in [-0.4, -0.2) is 28.4 Å². The minimum atomic E-state index is -0.227. The molecule has 4 saturated carbocycles. The summed E-state index contributed by atoms with van der Waals surface area (Å²) in [7, 11) is 0. The zero-order valence-electron chi connectivity index (χ0n) is 22.0. The predicted octanol–water partition coefficient (Wildman–Crippen LogP) is 6.14. The number of esters is 1. The van der Waals surface area contributed by atoms with E-state index in [1.807, 2.05) is 30.3 Å². The Bertz CT molecular complexity index is 885. The van der Waals surface area contributed by atoms with Gasteiger partial charge in [0.15, 0.2) is 0 Å². The Morgan fingerprint density at radius 1 is 1.00 bits per heavy atom. The van der Waals surface area contributed by atoms with Crippen LogP contribution in [0.3, 0.4) is 0 Å². The van der Waals surface area contributed by atoms with Crippen LogP contribution < -0.4 is 0 Å². The van der Waals surface area contributed by atoms with Crippen LogP contribution in [0.2, 0.25) is 0 Å². The molecule has 5 rings (SSSR count). The molecule has 194 valence electrons. The summed E-state index contributed by atoms with van der Waals surface area (Å²) in [6, 6.07) is 9.89. The van der Waals surface area contributed by atoms with Crippen LogP contribution in [0.4, 0.5) is 0 Å². The summed E-state index contributed by atoms with van der Waals surface area (Å²) < 4.78 is 5.54. The third-order valence-corrected chi connectivity index (χ3v) is 11.5. The molecular formula is C31H46O4. The van der Waals surface area contributed by atoms with Gasteiger partial charge in [-0.15, -0.1) is 0 Å². The van der Waals surface area contributed by atoms with Crippen molar-refractivity contribution >= 4 is 5.97 Å². The van der Waals surface area contributed by atoms with Gasteiger partial charge in [-0.25, -0.2) is 0 Å². The zero-order chi connectivity index (χ0) is 24.8. The average Bonchev–Trinajstić information content (AvgIpc) is 3.20. The van der Waals surface area contributed by atoms with Crippen molar-refractivity contribution in [3.8, 4) is 0 Å². The average molecular weight is 483 g/mol. The van der Waals surface area contributed by atoms with Gasteiger partial charge in [-0.1, -0.05) is 51.1 Å². The number of hydrogen-bond donors (Lipinski definition) is 2. The van der Waals surface area contributed by atoms with Gasteiger partial charge in [0, 0.05) is 6.42 Å². The Labute approximate surface area is 211 Å². The van der Waals surface area contributed by atoms with Crippen molar-refractivity contribution in [2.45, 2.75) is 104 Å². The van der Waals surface area contributed by atoms with E-state index < -0.39 is 0 Å². The lowest BCUT2D eigenvalue weighted by molar-refractivity contribution is -0.174. The maximum Gasteiger partial charge on any atom is 0.306 e. The molecule has 0 radical (unpaired) electrons. The minimum absolute atomic E-state index is 0.0923. The Balaban J connectivity index is 1.21. The molecule has 0 aliphatic heterocycles. The first-order valence-electron chi connectivity index (χ1n) is 14.3. The molecule has 1 unspecified atom stereocenters. The summed E-state index contributed by atoms with van der Waals surface area (Å²) in [5.74, 6) is 3.04. The molecule has 4 aliphatic carbocycles. The molecule has 4 aliphatic rings. The highest BCUT2D eigenvalue weighted by atomic mass is 16.5. The number of benzene rings is 1. The third-order valence-electron chi connectivity index (χ3n) is 11.5. The maximum atomic E-state index is 12.4. The van der Waals surface area contributed by atoms with Gasteiger partial charge in [0.05, 0.1) is 12.2 Å². The first kappa shape index (κ1) is 25.3. The van der Waals surface area contributed by atoms with Crippen LogP contribution in [0.1, 0.15) is 90.5 Å². The third kappa shape index (κ3) is 4.59. The highest BCUT2D eigenvalue weighted by molar-refractivity contribution is 5.69. The van der Waals surface area contributed by atoms with E-state index >= 15 is 0 Å². The second-order valence-corrected chi connectivity index (χ2v) is 13.1. The minimum Gasteiger partial charge on any atom is -0.461 e. The molecule has 1 aromatic carbocycles. The number of aliphatic hydroxyl groups excluding tert-OH is 2. The van der Waals surface area contributed by atoms with Crippen molar-refractivity contribution in [1.82, 2.24) is 0 Å². The van der Waals surface area contributed by atoms with Crippen LogP contribution in [0.5, 0.6) is 0 Å². The molecule has 4 fully saturated rings. The highest BCUT2D eigenvalue weighted by Gasteiger charge is 2.62. The second kappa shape index (κ2) is 9.82. The number of aliphatic hydroxyl groups is 2. The van der Waals surface area contributed by atoms with Crippen LogP contribution in [0.15, 0.2) is 30.3 Å². The smallest absolute Gasteiger partial charge is 0.306 e. The number of carbonyl (C=O) groups excluding carboxylic acids is 1. The first-order chi connectivity index (χ1) is 16.7. The molecule has 4 heteroatoms. The van der Waals surface area contributed by atoms with E-state index in [4.69, 9.17) is 4.74 Å². The molecule has 35 heavy (non-hydrogen) atoms. The molecule has 0 spiro atoms. The van der Waals surface area contributed by atoms with Crippen molar-refractivity contribution in [2.24, 2.45) is 46.3 Å². The molecule has 10 atom stereocenters. The zero-order valence-corrected chi connectivity index (χ0v) is 22.0. The normalized spacial score (nSPS) is 43.5. The molecule has 0 aromatic heterocycles. The van der Waals surface area contributed by atoms with E-state index in [0.717, 1.165) is 37.7 Å². The number of hydrogen-bond acceptors (Lipinski definition) is 4. The Kier molecular flexibility index (Phi) is 7.09. The lowest BCUT2D eigenvalue weighted by Gasteiger charge is -2.62. The van der Waals surface area contributed by atoms with Crippen molar-refractivity contribution in [3.63, 3.8) is 0 Å². The molecule has 1 aromatic rings. The maximum absolute atomic E-state index is 12.4. The van der Waals surface area contributed by atoms with Gasteiger partial charge < -0.3 is 14.9 Å². The van der Waals surface area contributed by atoms with E-state index in [-0.39, 0.29) is 29.0 Å². The SMILES string of the molecule is C[C@H](CCC(=O)OCc1ccccc1)[C@H]1CC[C@H]2[C@@H]3[C@H](O)CC4C[C@H](O)CC[C@]4(C)[C@H]3CC[C@]12C. The highest BCUT2D eigenvalue weighted by Crippen LogP contribution is 2.68. The largest absolute Gasteiger partial charge is 0.461 e. The van der Waals surface area contributed by atoms with Gasteiger partial charge in [-0.2, -0.15) is 0 Å². The summed E-state index contributed by atoms with van der Waals surface area (Å²) in [6.45, 7) is 7.68. The van der Waals surface area contributed by atoms with Gasteiger partial charge in [0.25, 0.3) is 0 Å². The number of fused-ring (bicyclic) bond motifs is 5. The molecular weight excluding hydrogens is 436 g/mol. The quantitative estimate of drug-likeness (QED) is 0.478. The first-order valence-corrected chi connectivity index (χ1v) is 14.3. The van der Waals surface area contributed by atoms with Crippen molar-refractivity contribution < 1.29 is 19.7 Å². The fourth-order valence-electron chi connectivity index (χ4n) is 9.53. The summed E-state index contributed by atoms with van der Waals surface area (Å²) in [4.78, 5) is 12.4. The lowest BCUT2D eigenvalue weighted by atomic mass is 9.43. The van der Waals surface area contributed by atoms with Crippen molar-refractivity contribution in [3.05, 3.63) is 35.9 Å². The van der Waals surface area contributed by atoms with Crippen molar-refractivity contribution in [1.29, 1.82) is 0 Å². The summed E-state index contributed by atoms with van der Waals surface area (Å²) in [6.07, 6.45) is 9.63. The van der Waals surface area contributed by atoms with E-state index in [9.17, 15) is 15.0 Å². The molecule has 0 bridgehead atoms. The van der Waals surface area contributed by atoms with E-state index in [0.29, 0.717) is 48.5 Å².